The van der Waals surface area contributed by atoms with Crippen molar-refractivity contribution in [3.8, 4) is 0 Å². The molecule has 5 heteroatoms. The Morgan fingerprint density at radius 1 is 1.57 bits per heavy atom. The minimum absolute atomic E-state index is 0.229. The Bertz CT molecular complexity index is 319. The lowest BCUT2D eigenvalue weighted by Crippen LogP contribution is -2.48. The van der Waals surface area contributed by atoms with Crippen molar-refractivity contribution < 1.29 is 5.11 Å². The Kier molecular flexibility index (Phi) is 2.48. The first-order valence-corrected chi connectivity index (χ1v) is 4.85. The van der Waals surface area contributed by atoms with Gasteiger partial charge in [-0.05, 0) is 6.07 Å². The SMILES string of the molecule is Nc1cc(Cl)nc(N2CC(CO)C2)c1. The molecule has 1 fully saturated rings. The van der Waals surface area contributed by atoms with Crippen molar-refractivity contribution in [2.75, 3.05) is 30.3 Å². The van der Waals surface area contributed by atoms with Crippen LogP contribution in [0.2, 0.25) is 5.15 Å². The third-order valence-corrected chi connectivity index (χ3v) is 2.54. The number of hydrogen-bond acceptors (Lipinski definition) is 4. The van der Waals surface area contributed by atoms with Gasteiger partial charge in [0, 0.05) is 37.4 Å². The van der Waals surface area contributed by atoms with Gasteiger partial charge in [0.25, 0.3) is 0 Å². The molecule has 14 heavy (non-hydrogen) atoms. The molecule has 1 aliphatic heterocycles. The van der Waals surface area contributed by atoms with Gasteiger partial charge in [-0.15, -0.1) is 0 Å². The lowest BCUT2D eigenvalue weighted by Gasteiger charge is -2.39. The van der Waals surface area contributed by atoms with Crippen molar-refractivity contribution in [3.05, 3.63) is 17.3 Å². The van der Waals surface area contributed by atoms with Crippen LogP contribution in [-0.2, 0) is 0 Å². The summed E-state index contributed by atoms with van der Waals surface area (Å²) in [5.41, 5.74) is 6.26. The van der Waals surface area contributed by atoms with Gasteiger partial charge in [0.15, 0.2) is 0 Å². The molecule has 0 spiro atoms. The van der Waals surface area contributed by atoms with E-state index < -0.39 is 0 Å². The number of pyridine rings is 1. The lowest BCUT2D eigenvalue weighted by atomic mass is 10.0. The quantitative estimate of drug-likeness (QED) is 0.712. The molecule has 2 rings (SSSR count). The van der Waals surface area contributed by atoms with Gasteiger partial charge < -0.3 is 15.7 Å². The smallest absolute Gasteiger partial charge is 0.133 e. The van der Waals surface area contributed by atoms with Crippen LogP contribution in [0, 0.1) is 5.92 Å². The van der Waals surface area contributed by atoms with Crippen molar-refractivity contribution in [2.24, 2.45) is 5.92 Å². The zero-order valence-electron chi connectivity index (χ0n) is 7.65. The van der Waals surface area contributed by atoms with Gasteiger partial charge >= 0.3 is 0 Å². The molecule has 0 bridgehead atoms. The standard InChI is InChI=1S/C9H12ClN3O/c10-8-1-7(11)2-9(12-8)13-3-6(4-13)5-14/h1-2,6,14H,3-5H2,(H2,11,12). The molecule has 1 aliphatic rings. The van der Waals surface area contributed by atoms with Gasteiger partial charge in [-0.1, -0.05) is 11.6 Å². The molecule has 0 atom stereocenters. The van der Waals surface area contributed by atoms with E-state index in [2.05, 4.69) is 4.98 Å². The maximum Gasteiger partial charge on any atom is 0.133 e. The highest BCUT2D eigenvalue weighted by Gasteiger charge is 2.27. The zero-order chi connectivity index (χ0) is 10.1. The Morgan fingerprint density at radius 2 is 2.29 bits per heavy atom. The van der Waals surface area contributed by atoms with Crippen LogP contribution >= 0.6 is 11.6 Å². The van der Waals surface area contributed by atoms with E-state index in [1.807, 2.05) is 4.90 Å². The minimum Gasteiger partial charge on any atom is -0.399 e. The first kappa shape index (κ1) is 9.55. The summed E-state index contributed by atoms with van der Waals surface area (Å²) in [7, 11) is 0. The molecule has 0 saturated carbocycles. The first-order chi connectivity index (χ1) is 6.69. The van der Waals surface area contributed by atoms with Crippen molar-refractivity contribution in [1.82, 2.24) is 4.98 Å². The van der Waals surface area contributed by atoms with Crippen LogP contribution < -0.4 is 10.6 Å². The average molecular weight is 214 g/mol. The summed E-state index contributed by atoms with van der Waals surface area (Å²) in [4.78, 5) is 6.20. The lowest BCUT2D eigenvalue weighted by molar-refractivity contribution is 0.200. The molecule has 3 N–H and O–H groups in total. The molecule has 76 valence electrons. The fourth-order valence-electron chi connectivity index (χ4n) is 1.54. The molecule has 0 radical (unpaired) electrons. The van der Waals surface area contributed by atoms with Crippen LogP contribution in [0.1, 0.15) is 0 Å². The molecule has 0 amide bonds. The number of rotatable bonds is 2. The van der Waals surface area contributed by atoms with Crippen LogP contribution in [0.25, 0.3) is 0 Å². The monoisotopic (exact) mass is 213 g/mol. The van der Waals surface area contributed by atoms with Crippen LogP contribution in [0.3, 0.4) is 0 Å². The second-order valence-electron chi connectivity index (χ2n) is 3.53. The van der Waals surface area contributed by atoms with Gasteiger partial charge in [0.1, 0.15) is 11.0 Å². The molecule has 1 aromatic heterocycles. The molecule has 0 unspecified atom stereocenters. The highest BCUT2D eigenvalue weighted by Crippen LogP contribution is 2.25. The van der Waals surface area contributed by atoms with E-state index in [-0.39, 0.29) is 6.61 Å². The summed E-state index contributed by atoms with van der Waals surface area (Å²) < 4.78 is 0. The topological polar surface area (TPSA) is 62.4 Å². The van der Waals surface area contributed by atoms with Crippen molar-refractivity contribution in [2.45, 2.75) is 0 Å². The number of anilines is 2. The molecular weight excluding hydrogens is 202 g/mol. The van der Waals surface area contributed by atoms with E-state index >= 15 is 0 Å². The van der Waals surface area contributed by atoms with Gasteiger partial charge in [0.2, 0.25) is 0 Å². The summed E-state index contributed by atoms with van der Waals surface area (Å²) in [5, 5.41) is 9.27. The summed E-state index contributed by atoms with van der Waals surface area (Å²) in [5.74, 6) is 1.15. The van der Waals surface area contributed by atoms with Crippen molar-refractivity contribution in [3.63, 3.8) is 0 Å². The molecule has 2 heterocycles. The van der Waals surface area contributed by atoms with Gasteiger partial charge in [-0.25, -0.2) is 4.98 Å². The third kappa shape index (κ3) is 1.76. The highest BCUT2D eigenvalue weighted by atomic mass is 35.5. The van der Waals surface area contributed by atoms with Gasteiger partial charge in [-0.2, -0.15) is 0 Å². The minimum atomic E-state index is 0.229. The number of hydrogen-bond donors (Lipinski definition) is 2. The number of halogens is 1. The van der Waals surface area contributed by atoms with E-state index in [1.54, 1.807) is 12.1 Å². The first-order valence-electron chi connectivity index (χ1n) is 4.48. The van der Waals surface area contributed by atoms with E-state index in [0.29, 0.717) is 16.8 Å². The van der Waals surface area contributed by atoms with E-state index in [9.17, 15) is 0 Å². The van der Waals surface area contributed by atoms with E-state index in [1.165, 1.54) is 0 Å². The van der Waals surface area contributed by atoms with Crippen molar-refractivity contribution >= 4 is 23.1 Å². The molecule has 4 nitrogen and oxygen atoms in total. The Hall–Kier alpha value is -1.00. The Balaban J connectivity index is 2.10. The molecule has 1 aromatic rings. The fourth-order valence-corrected chi connectivity index (χ4v) is 1.75. The van der Waals surface area contributed by atoms with E-state index in [4.69, 9.17) is 22.4 Å². The number of nitrogens with two attached hydrogens (primary N) is 1. The number of aliphatic hydroxyl groups is 1. The van der Waals surface area contributed by atoms with Crippen LogP contribution in [0.5, 0.6) is 0 Å². The van der Waals surface area contributed by atoms with Gasteiger partial charge in [-0.3, -0.25) is 0 Å². The average Bonchev–Trinajstić information content (AvgIpc) is 2.00. The Morgan fingerprint density at radius 3 is 2.86 bits per heavy atom. The summed E-state index contributed by atoms with van der Waals surface area (Å²) in [6.45, 7) is 1.87. The predicted octanol–water partition coefficient (Wildman–Crippen LogP) is 0.746. The maximum atomic E-state index is 8.86. The second kappa shape index (κ2) is 3.63. The summed E-state index contributed by atoms with van der Waals surface area (Å²) >= 11 is 5.78. The number of nitrogen functional groups attached to an aromatic ring is 1. The molecular formula is C9H12ClN3O. The van der Waals surface area contributed by atoms with Crippen molar-refractivity contribution in [1.29, 1.82) is 0 Å². The van der Waals surface area contributed by atoms with Crippen LogP contribution in [0.4, 0.5) is 11.5 Å². The predicted molar refractivity (Wildman–Crippen MR) is 56.4 cm³/mol. The largest absolute Gasteiger partial charge is 0.399 e. The van der Waals surface area contributed by atoms with Crippen LogP contribution in [0.15, 0.2) is 12.1 Å². The highest BCUT2D eigenvalue weighted by molar-refractivity contribution is 6.29. The number of nitrogens with zero attached hydrogens (tertiary/aromatic N) is 2. The Labute approximate surface area is 87.3 Å². The number of aromatic nitrogens is 1. The van der Waals surface area contributed by atoms with E-state index in [0.717, 1.165) is 18.9 Å². The summed E-state index contributed by atoms with van der Waals surface area (Å²) in [6.07, 6.45) is 0. The van der Waals surface area contributed by atoms with Crippen LogP contribution in [-0.4, -0.2) is 29.8 Å². The zero-order valence-corrected chi connectivity index (χ0v) is 8.41. The molecule has 0 aliphatic carbocycles. The summed E-state index contributed by atoms with van der Waals surface area (Å²) in [6, 6.07) is 3.41. The normalized spacial score (nSPS) is 16.9. The maximum absolute atomic E-state index is 8.86. The van der Waals surface area contributed by atoms with Gasteiger partial charge in [0.05, 0.1) is 0 Å². The number of aliphatic hydroxyl groups excluding tert-OH is 1. The molecule has 1 saturated heterocycles. The second-order valence-corrected chi connectivity index (χ2v) is 3.92. The third-order valence-electron chi connectivity index (χ3n) is 2.34. The fraction of sp³-hybridized carbons (Fsp3) is 0.444. The molecule has 0 aromatic carbocycles.